The van der Waals surface area contributed by atoms with Crippen LogP contribution in [0.3, 0.4) is 0 Å². The molecule has 1 aromatic carbocycles. The van der Waals surface area contributed by atoms with E-state index < -0.39 is 5.92 Å². The first kappa shape index (κ1) is 12.8. The van der Waals surface area contributed by atoms with Crippen molar-refractivity contribution in [3.8, 4) is 6.07 Å². The Morgan fingerprint density at radius 1 is 1.28 bits per heavy atom. The standard InChI is InChI=1S/C14H10ClNOS/c1-9-2-4-10(5-3-9)11(8-16)14(17)12-6-7-13(15)18-12/h2-7,11H,1H3. The van der Waals surface area contributed by atoms with Gasteiger partial charge in [-0.3, -0.25) is 4.79 Å². The van der Waals surface area contributed by atoms with Gasteiger partial charge in [0.25, 0.3) is 0 Å². The molecule has 0 aliphatic heterocycles. The number of rotatable bonds is 3. The van der Waals surface area contributed by atoms with Crippen LogP contribution in [0, 0.1) is 18.3 Å². The number of nitriles is 1. The topological polar surface area (TPSA) is 40.9 Å². The fourth-order valence-electron chi connectivity index (χ4n) is 1.63. The molecule has 4 heteroatoms. The summed E-state index contributed by atoms with van der Waals surface area (Å²) in [7, 11) is 0. The van der Waals surface area contributed by atoms with E-state index in [1.807, 2.05) is 31.2 Å². The Kier molecular flexibility index (Phi) is 3.81. The minimum Gasteiger partial charge on any atom is -0.291 e. The van der Waals surface area contributed by atoms with Gasteiger partial charge in [0.15, 0.2) is 5.78 Å². The Bertz CT molecular complexity index is 609. The van der Waals surface area contributed by atoms with Gasteiger partial charge in [0.2, 0.25) is 0 Å². The van der Waals surface area contributed by atoms with Crippen LogP contribution >= 0.6 is 22.9 Å². The van der Waals surface area contributed by atoms with E-state index in [-0.39, 0.29) is 5.78 Å². The Morgan fingerprint density at radius 2 is 1.94 bits per heavy atom. The van der Waals surface area contributed by atoms with Crippen LogP contribution in [0.25, 0.3) is 0 Å². The minimum atomic E-state index is -0.764. The largest absolute Gasteiger partial charge is 0.291 e. The highest BCUT2D eigenvalue weighted by atomic mass is 35.5. The van der Waals surface area contributed by atoms with E-state index in [4.69, 9.17) is 11.6 Å². The molecule has 0 amide bonds. The molecule has 90 valence electrons. The van der Waals surface area contributed by atoms with Crippen molar-refractivity contribution in [1.82, 2.24) is 0 Å². The summed E-state index contributed by atoms with van der Waals surface area (Å²) >= 11 is 7.00. The summed E-state index contributed by atoms with van der Waals surface area (Å²) in [6.07, 6.45) is 0. The second-order valence-electron chi connectivity index (χ2n) is 3.94. The van der Waals surface area contributed by atoms with Crippen LogP contribution in [0.4, 0.5) is 0 Å². The average Bonchev–Trinajstić information content (AvgIpc) is 2.79. The van der Waals surface area contributed by atoms with Crippen molar-refractivity contribution >= 4 is 28.7 Å². The fraction of sp³-hybridized carbons (Fsp3) is 0.143. The number of hydrogen-bond donors (Lipinski definition) is 0. The zero-order valence-corrected chi connectivity index (χ0v) is 11.3. The molecule has 0 N–H and O–H groups in total. The molecular weight excluding hydrogens is 266 g/mol. The lowest BCUT2D eigenvalue weighted by Crippen LogP contribution is -2.09. The number of hydrogen-bond acceptors (Lipinski definition) is 3. The summed E-state index contributed by atoms with van der Waals surface area (Å²) in [4.78, 5) is 12.7. The van der Waals surface area contributed by atoms with Gasteiger partial charge in [-0.2, -0.15) is 5.26 Å². The summed E-state index contributed by atoms with van der Waals surface area (Å²) in [5.41, 5.74) is 1.82. The minimum absolute atomic E-state index is 0.196. The highest BCUT2D eigenvalue weighted by molar-refractivity contribution is 7.18. The van der Waals surface area contributed by atoms with Crippen LogP contribution in [0.15, 0.2) is 36.4 Å². The quantitative estimate of drug-likeness (QED) is 0.788. The first-order chi connectivity index (χ1) is 8.61. The molecule has 0 bridgehead atoms. The van der Waals surface area contributed by atoms with E-state index in [1.165, 1.54) is 11.3 Å². The molecule has 18 heavy (non-hydrogen) atoms. The van der Waals surface area contributed by atoms with Gasteiger partial charge in [-0.15, -0.1) is 11.3 Å². The molecule has 2 nitrogen and oxygen atoms in total. The molecule has 0 spiro atoms. The van der Waals surface area contributed by atoms with E-state index in [0.717, 1.165) is 11.1 Å². The van der Waals surface area contributed by atoms with Crippen molar-refractivity contribution in [1.29, 1.82) is 5.26 Å². The molecule has 0 radical (unpaired) electrons. The van der Waals surface area contributed by atoms with Crippen LogP contribution in [0.2, 0.25) is 4.34 Å². The molecule has 1 heterocycles. The molecular formula is C14H10ClNOS. The predicted molar refractivity (Wildman–Crippen MR) is 73.2 cm³/mol. The molecule has 0 fully saturated rings. The summed E-state index contributed by atoms with van der Waals surface area (Å²) in [5.74, 6) is -0.960. The molecule has 1 unspecified atom stereocenters. The number of aryl methyl sites for hydroxylation is 1. The molecule has 2 aromatic rings. The lowest BCUT2D eigenvalue weighted by atomic mass is 9.94. The summed E-state index contributed by atoms with van der Waals surface area (Å²) < 4.78 is 0.555. The Balaban J connectivity index is 2.32. The summed E-state index contributed by atoms with van der Waals surface area (Å²) in [6, 6.07) is 12.8. The van der Waals surface area contributed by atoms with E-state index in [1.54, 1.807) is 12.1 Å². The Hall–Kier alpha value is -1.63. The highest BCUT2D eigenvalue weighted by Gasteiger charge is 2.22. The normalized spacial score (nSPS) is 11.8. The molecule has 1 atom stereocenters. The number of nitrogens with zero attached hydrogens (tertiary/aromatic N) is 1. The van der Waals surface area contributed by atoms with E-state index in [2.05, 4.69) is 6.07 Å². The molecule has 0 aliphatic rings. The number of carbonyl (C=O) groups excluding carboxylic acids is 1. The van der Waals surface area contributed by atoms with Crippen molar-refractivity contribution in [2.45, 2.75) is 12.8 Å². The maximum absolute atomic E-state index is 12.2. The van der Waals surface area contributed by atoms with Crippen LogP contribution in [-0.2, 0) is 0 Å². The van der Waals surface area contributed by atoms with E-state index in [0.29, 0.717) is 9.21 Å². The van der Waals surface area contributed by atoms with E-state index in [9.17, 15) is 10.1 Å². The second kappa shape index (κ2) is 5.34. The Labute approximate surface area is 114 Å². The second-order valence-corrected chi connectivity index (χ2v) is 5.66. The van der Waals surface area contributed by atoms with Crippen LogP contribution in [-0.4, -0.2) is 5.78 Å². The van der Waals surface area contributed by atoms with Crippen molar-refractivity contribution in [2.24, 2.45) is 0 Å². The van der Waals surface area contributed by atoms with Gasteiger partial charge in [0, 0.05) is 0 Å². The van der Waals surface area contributed by atoms with Crippen LogP contribution < -0.4 is 0 Å². The van der Waals surface area contributed by atoms with Gasteiger partial charge in [-0.1, -0.05) is 41.4 Å². The summed E-state index contributed by atoms with van der Waals surface area (Å²) in [6.45, 7) is 1.96. The fourth-order valence-corrected chi connectivity index (χ4v) is 2.65. The monoisotopic (exact) mass is 275 g/mol. The van der Waals surface area contributed by atoms with Crippen molar-refractivity contribution in [3.05, 3.63) is 56.7 Å². The summed E-state index contributed by atoms with van der Waals surface area (Å²) in [5, 5.41) is 9.19. The lowest BCUT2D eigenvalue weighted by molar-refractivity contribution is 0.0983. The third-order valence-corrected chi connectivity index (χ3v) is 3.86. The Morgan fingerprint density at radius 3 is 2.44 bits per heavy atom. The van der Waals surface area contributed by atoms with Gasteiger partial charge in [-0.05, 0) is 24.6 Å². The zero-order valence-electron chi connectivity index (χ0n) is 9.68. The first-order valence-corrected chi connectivity index (χ1v) is 6.57. The zero-order chi connectivity index (χ0) is 13.1. The maximum Gasteiger partial charge on any atom is 0.194 e. The number of Topliss-reactive ketones (excluding diaryl/α,β-unsaturated/α-hetero) is 1. The predicted octanol–water partition coefficient (Wildman–Crippen LogP) is 4.20. The maximum atomic E-state index is 12.2. The molecule has 0 saturated heterocycles. The SMILES string of the molecule is Cc1ccc(C(C#N)C(=O)c2ccc(Cl)s2)cc1. The number of carbonyl (C=O) groups is 1. The van der Waals surface area contributed by atoms with Crippen LogP contribution in [0.1, 0.15) is 26.7 Å². The van der Waals surface area contributed by atoms with Crippen molar-refractivity contribution in [2.75, 3.05) is 0 Å². The first-order valence-electron chi connectivity index (χ1n) is 5.37. The lowest BCUT2D eigenvalue weighted by Gasteiger charge is -2.07. The molecule has 0 saturated carbocycles. The number of halogens is 1. The molecule has 2 rings (SSSR count). The number of benzene rings is 1. The van der Waals surface area contributed by atoms with Gasteiger partial charge < -0.3 is 0 Å². The molecule has 0 aliphatic carbocycles. The van der Waals surface area contributed by atoms with Crippen molar-refractivity contribution < 1.29 is 4.79 Å². The third kappa shape index (κ3) is 2.61. The van der Waals surface area contributed by atoms with E-state index >= 15 is 0 Å². The smallest absolute Gasteiger partial charge is 0.194 e. The molecule has 1 aromatic heterocycles. The highest BCUT2D eigenvalue weighted by Crippen LogP contribution is 2.27. The van der Waals surface area contributed by atoms with Gasteiger partial charge in [0.1, 0.15) is 5.92 Å². The van der Waals surface area contributed by atoms with Gasteiger partial charge in [-0.25, -0.2) is 0 Å². The number of ketones is 1. The number of thiophene rings is 1. The van der Waals surface area contributed by atoms with Crippen molar-refractivity contribution in [3.63, 3.8) is 0 Å². The van der Waals surface area contributed by atoms with Crippen LogP contribution in [0.5, 0.6) is 0 Å². The van der Waals surface area contributed by atoms with Gasteiger partial charge >= 0.3 is 0 Å². The third-order valence-electron chi connectivity index (χ3n) is 2.62. The van der Waals surface area contributed by atoms with Gasteiger partial charge in [0.05, 0.1) is 15.3 Å². The average molecular weight is 276 g/mol.